The molecule has 0 aliphatic heterocycles. The van der Waals surface area contributed by atoms with Crippen molar-refractivity contribution in [1.29, 1.82) is 0 Å². The Bertz CT molecular complexity index is 469. The number of carbonyl (C=O) groups excluding carboxylic acids is 1. The lowest BCUT2D eigenvalue weighted by molar-refractivity contribution is -0.143. The van der Waals surface area contributed by atoms with Crippen molar-refractivity contribution in [2.75, 3.05) is 6.54 Å². The number of benzene rings is 1. The Morgan fingerprint density at radius 1 is 1.41 bits per heavy atom. The molecule has 1 aliphatic rings. The SMILES string of the molecule is O=C(NCC1(C(=O)O)CC1)c1cccc(F)c1. The van der Waals surface area contributed by atoms with Gasteiger partial charge in [-0.1, -0.05) is 6.07 Å². The van der Waals surface area contributed by atoms with Gasteiger partial charge in [0.1, 0.15) is 5.82 Å². The van der Waals surface area contributed by atoms with E-state index in [-0.39, 0.29) is 12.1 Å². The van der Waals surface area contributed by atoms with Gasteiger partial charge in [0.25, 0.3) is 5.91 Å². The number of amides is 1. The summed E-state index contributed by atoms with van der Waals surface area (Å²) >= 11 is 0. The van der Waals surface area contributed by atoms with Gasteiger partial charge in [-0.2, -0.15) is 0 Å². The van der Waals surface area contributed by atoms with E-state index in [4.69, 9.17) is 5.11 Å². The number of hydrogen-bond acceptors (Lipinski definition) is 2. The minimum Gasteiger partial charge on any atom is -0.481 e. The molecule has 1 amide bonds. The summed E-state index contributed by atoms with van der Waals surface area (Å²) in [5, 5.41) is 11.4. The fraction of sp³-hybridized carbons (Fsp3) is 0.333. The molecule has 2 rings (SSSR count). The molecule has 1 fully saturated rings. The summed E-state index contributed by atoms with van der Waals surface area (Å²) in [5.41, 5.74) is -0.602. The van der Waals surface area contributed by atoms with E-state index in [0.717, 1.165) is 6.07 Å². The van der Waals surface area contributed by atoms with Gasteiger partial charge in [0.05, 0.1) is 5.41 Å². The zero-order valence-electron chi connectivity index (χ0n) is 9.07. The van der Waals surface area contributed by atoms with Crippen molar-refractivity contribution >= 4 is 11.9 Å². The van der Waals surface area contributed by atoms with Crippen molar-refractivity contribution in [1.82, 2.24) is 5.32 Å². The second kappa shape index (κ2) is 4.16. The molecule has 0 bridgehead atoms. The standard InChI is InChI=1S/C12H12FNO3/c13-9-3-1-2-8(6-9)10(15)14-7-12(4-5-12)11(16)17/h1-3,6H,4-5,7H2,(H,14,15)(H,16,17). The first-order valence-corrected chi connectivity index (χ1v) is 5.31. The van der Waals surface area contributed by atoms with Crippen LogP contribution >= 0.6 is 0 Å². The molecule has 2 N–H and O–H groups in total. The van der Waals surface area contributed by atoms with Crippen LogP contribution in [0.1, 0.15) is 23.2 Å². The van der Waals surface area contributed by atoms with E-state index in [0.29, 0.717) is 12.8 Å². The Balaban J connectivity index is 1.96. The molecule has 0 unspecified atom stereocenters. The lowest BCUT2D eigenvalue weighted by Gasteiger charge is -2.11. The number of carboxylic acid groups (broad SMARTS) is 1. The lowest BCUT2D eigenvalue weighted by atomic mass is 10.1. The molecule has 0 saturated heterocycles. The number of halogens is 1. The molecule has 17 heavy (non-hydrogen) atoms. The van der Waals surface area contributed by atoms with Crippen LogP contribution in [0.5, 0.6) is 0 Å². The third-order valence-corrected chi connectivity index (χ3v) is 2.98. The van der Waals surface area contributed by atoms with Crippen molar-refractivity contribution in [3.63, 3.8) is 0 Å². The Kier molecular flexibility index (Phi) is 2.83. The highest BCUT2D eigenvalue weighted by Gasteiger charge is 2.50. The normalized spacial score (nSPS) is 16.3. The fourth-order valence-electron chi connectivity index (χ4n) is 1.60. The summed E-state index contributed by atoms with van der Waals surface area (Å²) in [6.07, 6.45) is 1.15. The van der Waals surface area contributed by atoms with Gasteiger partial charge in [0.15, 0.2) is 0 Å². The first kappa shape index (κ1) is 11.6. The summed E-state index contributed by atoms with van der Waals surface area (Å²) in [6.45, 7) is 0.0949. The van der Waals surface area contributed by atoms with Gasteiger partial charge in [-0.3, -0.25) is 9.59 Å². The molecule has 0 atom stereocenters. The van der Waals surface area contributed by atoms with Gasteiger partial charge >= 0.3 is 5.97 Å². The predicted octanol–water partition coefficient (Wildman–Crippen LogP) is 1.42. The maximum atomic E-state index is 12.9. The molecular formula is C12H12FNO3. The van der Waals surface area contributed by atoms with Gasteiger partial charge < -0.3 is 10.4 Å². The third-order valence-electron chi connectivity index (χ3n) is 2.98. The maximum absolute atomic E-state index is 12.9. The average molecular weight is 237 g/mol. The van der Waals surface area contributed by atoms with E-state index in [1.807, 2.05) is 0 Å². The minimum atomic E-state index is -0.892. The number of rotatable bonds is 4. The second-order valence-corrected chi connectivity index (χ2v) is 4.28. The van der Waals surface area contributed by atoms with Crippen molar-refractivity contribution in [2.24, 2.45) is 5.41 Å². The zero-order chi connectivity index (χ0) is 12.5. The van der Waals surface area contributed by atoms with E-state index in [2.05, 4.69) is 5.32 Å². The number of aliphatic carboxylic acids is 1. The predicted molar refractivity (Wildman–Crippen MR) is 58.0 cm³/mol. The van der Waals surface area contributed by atoms with Crippen LogP contribution in [0.25, 0.3) is 0 Å². The van der Waals surface area contributed by atoms with Gasteiger partial charge in [-0.25, -0.2) is 4.39 Å². The van der Waals surface area contributed by atoms with E-state index in [9.17, 15) is 14.0 Å². The molecule has 0 spiro atoms. The number of carboxylic acids is 1. The molecule has 90 valence electrons. The smallest absolute Gasteiger partial charge is 0.311 e. The van der Waals surface area contributed by atoms with Crippen LogP contribution < -0.4 is 5.32 Å². The molecule has 0 aromatic heterocycles. The highest BCUT2D eigenvalue weighted by atomic mass is 19.1. The highest BCUT2D eigenvalue weighted by Crippen LogP contribution is 2.45. The van der Waals surface area contributed by atoms with Crippen molar-refractivity contribution in [2.45, 2.75) is 12.8 Å². The molecule has 0 radical (unpaired) electrons. The summed E-state index contributed by atoms with van der Waals surface area (Å²) in [7, 11) is 0. The summed E-state index contributed by atoms with van der Waals surface area (Å²) in [4.78, 5) is 22.5. The average Bonchev–Trinajstić information content (AvgIpc) is 3.07. The van der Waals surface area contributed by atoms with Gasteiger partial charge in [0.2, 0.25) is 0 Å². The van der Waals surface area contributed by atoms with Crippen LogP contribution in [-0.2, 0) is 4.79 Å². The van der Waals surface area contributed by atoms with Crippen molar-refractivity contribution in [3.8, 4) is 0 Å². The second-order valence-electron chi connectivity index (χ2n) is 4.28. The summed E-state index contributed by atoms with van der Waals surface area (Å²) in [5.74, 6) is -1.83. The highest BCUT2D eigenvalue weighted by molar-refractivity contribution is 5.94. The van der Waals surface area contributed by atoms with Crippen LogP contribution in [0.3, 0.4) is 0 Å². The molecule has 4 nitrogen and oxygen atoms in total. The molecular weight excluding hydrogens is 225 g/mol. The molecule has 1 aliphatic carbocycles. The Labute approximate surface area is 97.4 Å². The topological polar surface area (TPSA) is 66.4 Å². The van der Waals surface area contributed by atoms with Crippen LogP contribution in [0.4, 0.5) is 4.39 Å². The van der Waals surface area contributed by atoms with Crippen LogP contribution in [0.15, 0.2) is 24.3 Å². The summed E-state index contributed by atoms with van der Waals surface area (Å²) in [6, 6.07) is 5.29. The largest absolute Gasteiger partial charge is 0.481 e. The van der Waals surface area contributed by atoms with Crippen molar-refractivity contribution < 1.29 is 19.1 Å². The Morgan fingerprint density at radius 3 is 2.65 bits per heavy atom. The monoisotopic (exact) mass is 237 g/mol. The Hall–Kier alpha value is -1.91. The first-order valence-electron chi connectivity index (χ1n) is 5.31. The zero-order valence-corrected chi connectivity index (χ0v) is 9.07. The maximum Gasteiger partial charge on any atom is 0.311 e. The van der Waals surface area contributed by atoms with Crippen LogP contribution in [0.2, 0.25) is 0 Å². The molecule has 5 heteroatoms. The molecule has 1 aromatic carbocycles. The molecule has 1 saturated carbocycles. The van der Waals surface area contributed by atoms with E-state index in [1.165, 1.54) is 18.2 Å². The van der Waals surface area contributed by atoms with E-state index in [1.54, 1.807) is 0 Å². The summed E-state index contributed by atoms with van der Waals surface area (Å²) < 4.78 is 12.9. The van der Waals surface area contributed by atoms with Gasteiger partial charge in [0, 0.05) is 12.1 Å². The van der Waals surface area contributed by atoms with Crippen LogP contribution in [0, 0.1) is 11.2 Å². The van der Waals surface area contributed by atoms with E-state index < -0.39 is 23.1 Å². The van der Waals surface area contributed by atoms with Crippen molar-refractivity contribution in [3.05, 3.63) is 35.6 Å². The number of nitrogens with one attached hydrogen (secondary N) is 1. The van der Waals surface area contributed by atoms with Gasteiger partial charge in [-0.05, 0) is 31.0 Å². The fourth-order valence-corrected chi connectivity index (χ4v) is 1.60. The quantitative estimate of drug-likeness (QED) is 0.832. The number of hydrogen-bond donors (Lipinski definition) is 2. The molecule has 0 heterocycles. The minimum absolute atomic E-state index is 0.0949. The van der Waals surface area contributed by atoms with Gasteiger partial charge in [-0.15, -0.1) is 0 Å². The Morgan fingerprint density at radius 2 is 2.12 bits per heavy atom. The third kappa shape index (κ3) is 2.43. The first-order chi connectivity index (χ1) is 8.03. The van der Waals surface area contributed by atoms with E-state index >= 15 is 0 Å². The van der Waals surface area contributed by atoms with Crippen LogP contribution in [-0.4, -0.2) is 23.5 Å². The molecule has 1 aromatic rings. The number of carbonyl (C=O) groups is 2. The lowest BCUT2D eigenvalue weighted by Crippen LogP contribution is -2.34.